The molecule has 2 nitrogen and oxygen atoms in total. The van der Waals surface area contributed by atoms with Gasteiger partial charge in [-0.15, -0.1) is 0 Å². The van der Waals surface area contributed by atoms with Gasteiger partial charge in [0.15, 0.2) is 6.29 Å². The highest BCUT2D eigenvalue weighted by Gasteiger charge is 2.26. The Morgan fingerprint density at radius 3 is 2.87 bits per heavy atom. The molecule has 0 aliphatic heterocycles. The van der Waals surface area contributed by atoms with Crippen LogP contribution in [0.5, 0.6) is 0 Å². The third kappa shape index (κ3) is 1.19. The maximum atomic E-state index is 13.6. The van der Waals surface area contributed by atoms with Gasteiger partial charge in [-0.25, -0.2) is 4.39 Å². The standard InChI is InChI=1S/C12H10FNO/c13-10-2-1-3-11-12(10)8(7-15)6-14(11)9-4-5-9/h1-3,6-7,9H,4-5H2. The Morgan fingerprint density at radius 1 is 1.40 bits per heavy atom. The molecule has 2 aromatic rings. The lowest BCUT2D eigenvalue weighted by atomic mass is 10.2. The molecule has 3 rings (SSSR count). The van der Waals surface area contributed by atoms with Crippen LogP contribution in [0.25, 0.3) is 10.9 Å². The predicted molar refractivity (Wildman–Crippen MR) is 55.6 cm³/mol. The van der Waals surface area contributed by atoms with Crippen molar-refractivity contribution in [2.45, 2.75) is 18.9 Å². The second-order valence-corrected chi connectivity index (χ2v) is 3.97. The molecule has 0 saturated heterocycles. The number of hydrogen-bond donors (Lipinski definition) is 0. The van der Waals surface area contributed by atoms with E-state index in [1.807, 2.05) is 10.6 Å². The largest absolute Gasteiger partial charge is 0.344 e. The Hall–Kier alpha value is -1.64. The average Bonchev–Trinajstić information content (AvgIpc) is 3.00. The van der Waals surface area contributed by atoms with E-state index >= 15 is 0 Å². The van der Waals surface area contributed by atoms with Gasteiger partial charge in [0.1, 0.15) is 5.82 Å². The van der Waals surface area contributed by atoms with Gasteiger partial charge < -0.3 is 4.57 Å². The number of rotatable bonds is 2. The smallest absolute Gasteiger partial charge is 0.152 e. The molecule has 1 heterocycles. The number of aldehydes is 1. The van der Waals surface area contributed by atoms with Crippen LogP contribution in [-0.2, 0) is 0 Å². The first-order valence-corrected chi connectivity index (χ1v) is 5.05. The topological polar surface area (TPSA) is 22.0 Å². The van der Waals surface area contributed by atoms with E-state index in [2.05, 4.69) is 0 Å². The molecule has 0 amide bonds. The first-order chi connectivity index (χ1) is 7.31. The van der Waals surface area contributed by atoms with E-state index in [4.69, 9.17) is 0 Å². The van der Waals surface area contributed by atoms with Crippen molar-refractivity contribution in [2.24, 2.45) is 0 Å². The summed E-state index contributed by atoms with van der Waals surface area (Å²) >= 11 is 0. The lowest BCUT2D eigenvalue weighted by Gasteiger charge is -2.01. The SMILES string of the molecule is O=Cc1cn(C2CC2)c2cccc(F)c12. The number of nitrogens with zero attached hydrogens (tertiary/aromatic N) is 1. The Kier molecular flexibility index (Phi) is 1.69. The van der Waals surface area contributed by atoms with Gasteiger partial charge in [0.25, 0.3) is 0 Å². The van der Waals surface area contributed by atoms with Crippen LogP contribution in [0.1, 0.15) is 29.2 Å². The van der Waals surface area contributed by atoms with Gasteiger partial charge in [-0.1, -0.05) is 6.07 Å². The fourth-order valence-corrected chi connectivity index (χ4v) is 2.04. The normalized spacial score (nSPS) is 15.8. The monoisotopic (exact) mass is 203 g/mol. The summed E-state index contributed by atoms with van der Waals surface area (Å²) in [4.78, 5) is 10.8. The van der Waals surface area contributed by atoms with E-state index in [9.17, 15) is 9.18 Å². The number of hydrogen-bond acceptors (Lipinski definition) is 1. The number of carbonyl (C=O) groups excluding carboxylic acids is 1. The molecule has 76 valence electrons. The molecule has 1 saturated carbocycles. The second kappa shape index (κ2) is 2.92. The molecule has 1 aromatic carbocycles. The van der Waals surface area contributed by atoms with Crippen LogP contribution < -0.4 is 0 Å². The summed E-state index contributed by atoms with van der Waals surface area (Å²) in [5.74, 6) is -0.311. The fourth-order valence-electron chi connectivity index (χ4n) is 2.04. The van der Waals surface area contributed by atoms with Crippen LogP contribution in [-0.4, -0.2) is 10.9 Å². The van der Waals surface area contributed by atoms with Crippen LogP contribution in [0.2, 0.25) is 0 Å². The quantitative estimate of drug-likeness (QED) is 0.688. The number of fused-ring (bicyclic) bond motifs is 1. The predicted octanol–water partition coefficient (Wildman–Crippen LogP) is 2.93. The molecule has 0 bridgehead atoms. The van der Waals surface area contributed by atoms with Gasteiger partial charge in [0, 0.05) is 23.2 Å². The van der Waals surface area contributed by atoms with Gasteiger partial charge in [0.05, 0.1) is 5.52 Å². The molecular weight excluding hydrogens is 193 g/mol. The minimum absolute atomic E-state index is 0.311. The zero-order valence-corrected chi connectivity index (χ0v) is 8.11. The molecule has 0 atom stereocenters. The molecule has 0 spiro atoms. The van der Waals surface area contributed by atoms with Gasteiger partial charge in [0.2, 0.25) is 0 Å². The molecular formula is C12H10FNO. The van der Waals surface area contributed by atoms with Gasteiger partial charge in [-0.05, 0) is 25.0 Å². The molecule has 15 heavy (non-hydrogen) atoms. The van der Waals surface area contributed by atoms with Crippen molar-refractivity contribution in [3.63, 3.8) is 0 Å². The van der Waals surface area contributed by atoms with Crippen molar-refractivity contribution in [1.82, 2.24) is 4.57 Å². The van der Waals surface area contributed by atoms with E-state index in [1.165, 1.54) is 6.07 Å². The van der Waals surface area contributed by atoms with Gasteiger partial charge in [-0.2, -0.15) is 0 Å². The number of aromatic nitrogens is 1. The zero-order chi connectivity index (χ0) is 10.4. The Morgan fingerprint density at radius 2 is 2.20 bits per heavy atom. The summed E-state index contributed by atoms with van der Waals surface area (Å²) in [6.45, 7) is 0. The Bertz CT molecular complexity index is 540. The first-order valence-electron chi connectivity index (χ1n) is 5.05. The van der Waals surface area contributed by atoms with Crippen molar-refractivity contribution in [3.8, 4) is 0 Å². The third-order valence-corrected chi connectivity index (χ3v) is 2.90. The van der Waals surface area contributed by atoms with E-state index in [0.717, 1.165) is 24.6 Å². The molecule has 1 fully saturated rings. The summed E-state index contributed by atoms with van der Waals surface area (Å²) in [7, 11) is 0. The molecule has 0 radical (unpaired) electrons. The van der Waals surface area contributed by atoms with E-state index in [0.29, 0.717) is 17.0 Å². The average molecular weight is 203 g/mol. The molecule has 1 aliphatic rings. The first kappa shape index (κ1) is 8.65. The maximum Gasteiger partial charge on any atom is 0.152 e. The van der Waals surface area contributed by atoms with Crippen molar-refractivity contribution in [1.29, 1.82) is 0 Å². The minimum atomic E-state index is -0.311. The Balaban J connectivity index is 2.38. The van der Waals surface area contributed by atoms with E-state index in [-0.39, 0.29) is 5.82 Å². The second-order valence-electron chi connectivity index (χ2n) is 3.97. The summed E-state index contributed by atoms with van der Waals surface area (Å²) in [6, 6.07) is 5.41. The lowest BCUT2D eigenvalue weighted by molar-refractivity contribution is 0.112. The molecule has 0 unspecified atom stereocenters. The molecule has 3 heteroatoms. The minimum Gasteiger partial charge on any atom is -0.344 e. The van der Waals surface area contributed by atoms with Crippen molar-refractivity contribution in [2.75, 3.05) is 0 Å². The van der Waals surface area contributed by atoms with Crippen LogP contribution >= 0.6 is 0 Å². The van der Waals surface area contributed by atoms with Crippen LogP contribution in [0.3, 0.4) is 0 Å². The highest BCUT2D eigenvalue weighted by Crippen LogP contribution is 2.39. The zero-order valence-electron chi connectivity index (χ0n) is 8.11. The summed E-state index contributed by atoms with van der Waals surface area (Å²) in [5, 5.41) is 0.458. The van der Waals surface area contributed by atoms with E-state index < -0.39 is 0 Å². The Labute approximate surface area is 86.3 Å². The highest BCUT2D eigenvalue weighted by atomic mass is 19.1. The van der Waals surface area contributed by atoms with Crippen molar-refractivity contribution >= 4 is 17.2 Å². The molecule has 1 aromatic heterocycles. The number of halogens is 1. The molecule has 0 N–H and O–H groups in total. The summed E-state index contributed by atoms with van der Waals surface area (Å²) < 4.78 is 15.6. The van der Waals surface area contributed by atoms with Crippen LogP contribution in [0, 0.1) is 5.82 Å². The van der Waals surface area contributed by atoms with Crippen LogP contribution in [0.15, 0.2) is 24.4 Å². The van der Waals surface area contributed by atoms with E-state index in [1.54, 1.807) is 12.3 Å². The highest BCUT2D eigenvalue weighted by molar-refractivity contribution is 5.98. The van der Waals surface area contributed by atoms with Gasteiger partial charge >= 0.3 is 0 Å². The summed E-state index contributed by atoms with van der Waals surface area (Å²) in [5.41, 5.74) is 1.29. The third-order valence-electron chi connectivity index (χ3n) is 2.90. The number of benzene rings is 1. The summed E-state index contributed by atoms with van der Waals surface area (Å²) in [6.07, 6.45) is 4.74. The van der Waals surface area contributed by atoms with Crippen molar-refractivity contribution in [3.05, 3.63) is 35.8 Å². The van der Waals surface area contributed by atoms with Crippen LogP contribution in [0.4, 0.5) is 4.39 Å². The fraction of sp³-hybridized carbons (Fsp3) is 0.250. The maximum absolute atomic E-state index is 13.6. The van der Waals surface area contributed by atoms with Gasteiger partial charge in [-0.3, -0.25) is 4.79 Å². The number of carbonyl (C=O) groups is 1. The molecule has 1 aliphatic carbocycles. The lowest BCUT2D eigenvalue weighted by Crippen LogP contribution is -1.90. The van der Waals surface area contributed by atoms with Crippen molar-refractivity contribution < 1.29 is 9.18 Å².